The monoisotopic (exact) mass is 246 g/mol. The van der Waals surface area contributed by atoms with Gasteiger partial charge in [0.2, 0.25) is 0 Å². The molecule has 1 aromatic carbocycles. The van der Waals surface area contributed by atoms with Gasteiger partial charge in [0.25, 0.3) is 0 Å². The van der Waals surface area contributed by atoms with Gasteiger partial charge in [-0.15, -0.1) is 0 Å². The molecule has 0 amide bonds. The predicted molar refractivity (Wildman–Crippen MR) is 72.4 cm³/mol. The number of benzene rings is 1. The van der Waals surface area contributed by atoms with Crippen LogP contribution in [0.3, 0.4) is 0 Å². The highest BCUT2D eigenvalue weighted by Crippen LogP contribution is 2.12. The molecular formula is C15H18O3. The first-order valence-corrected chi connectivity index (χ1v) is 5.83. The number of carbonyl (C=O) groups excluding carboxylic acids is 1. The average molecular weight is 246 g/mol. The SMILES string of the molecule is C=Cc1ccc(OCC(=O)OC(C)/C=C/C)cc1. The van der Waals surface area contributed by atoms with Gasteiger partial charge in [0, 0.05) is 0 Å². The second-order valence-corrected chi connectivity index (χ2v) is 3.78. The Morgan fingerprint density at radius 2 is 2.06 bits per heavy atom. The van der Waals surface area contributed by atoms with Crippen LogP contribution in [0.4, 0.5) is 0 Å². The Balaban J connectivity index is 2.39. The van der Waals surface area contributed by atoms with E-state index in [0.29, 0.717) is 5.75 Å². The van der Waals surface area contributed by atoms with Gasteiger partial charge in [0.1, 0.15) is 11.9 Å². The van der Waals surface area contributed by atoms with Gasteiger partial charge in [0.05, 0.1) is 0 Å². The Morgan fingerprint density at radius 1 is 1.39 bits per heavy atom. The van der Waals surface area contributed by atoms with E-state index in [1.54, 1.807) is 31.2 Å². The zero-order chi connectivity index (χ0) is 13.4. The molecule has 1 rings (SSSR count). The van der Waals surface area contributed by atoms with Crippen molar-refractivity contribution in [2.75, 3.05) is 6.61 Å². The molecule has 0 spiro atoms. The number of ether oxygens (including phenoxy) is 2. The lowest BCUT2D eigenvalue weighted by Gasteiger charge is -2.10. The smallest absolute Gasteiger partial charge is 0.344 e. The summed E-state index contributed by atoms with van der Waals surface area (Å²) in [5.74, 6) is 0.254. The summed E-state index contributed by atoms with van der Waals surface area (Å²) in [5.41, 5.74) is 1.01. The summed E-state index contributed by atoms with van der Waals surface area (Å²) in [4.78, 5) is 11.4. The molecular weight excluding hydrogens is 228 g/mol. The quantitative estimate of drug-likeness (QED) is 0.571. The van der Waals surface area contributed by atoms with Crippen LogP contribution in [-0.4, -0.2) is 18.7 Å². The van der Waals surface area contributed by atoms with Gasteiger partial charge >= 0.3 is 5.97 Å². The van der Waals surface area contributed by atoms with E-state index in [4.69, 9.17) is 9.47 Å². The lowest BCUT2D eigenvalue weighted by Crippen LogP contribution is -2.19. The molecule has 3 heteroatoms. The molecule has 0 N–H and O–H groups in total. The second-order valence-electron chi connectivity index (χ2n) is 3.78. The number of esters is 1. The Morgan fingerprint density at radius 3 is 2.61 bits per heavy atom. The van der Waals surface area contributed by atoms with E-state index in [1.165, 1.54) is 0 Å². The van der Waals surface area contributed by atoms with E-state index in [2.05, 4.69) is 6.58 Å². The number of allylic oxidation sites excluding steroid dienone is 1. The van der Waals surface area contributed by atoms with E-state index in [1.807, 2.05) is 25.1 Å². The molecule has 1 unspecified atom stereocenters. The van der Waals surface area contributed by atoms with Gasteiger partial charge in [-0.05, 0) is 37.6 Å². The molecule has 18 heavy (non-hydrogen) atoms. The van der Waals surface area contributed by atoms with Crippen molar-refractivity contribution in [3.8, 4) is 5.75 Å². The van der Waals surface area contributed by atoms with Crippen LogP contribution in [0, 0.1) is 0 Å². The lowest BCUT2D eigenvalue weighted by atomic mass is 10.2. The average Bonchev–Trinajstić information content (AvgIpc) is 2.37. The van der Waals surface area contributed by atoms with Crippen molar-refractivity contribution in [3.63, 3.8) is 0 Å². The van der Waals surface area contributed by atoms with Crippen molar-refractivity contribution < 1.29 is 14.3 Å². The van der Waals surface area contributed by atoms with Gasteiger partial charge in [-0.2, -0.15) is 0 Å². The molecule has 1 aromatic rings. The van der Waals surface area contributed by atoms with Crippen molar-refractivity contribution >= 4 is 12.0 Å². The molecule has 0 radical (unpaired) electrons. The zero-order valence-electron chi connectivity index (χ0n) is 10.8. The first-order chi connectivity index (χ1) is 8.65. The Labute approximate surface area is 108 Å². The zero-order valence-corrected chi connectivity index (χ0v) is 10.8. The van der Waals surface area contributed by atoms with E-state index in [-0.39, 0.29) is 18.7 Å². The molecule has 0 fully saturated rings. The highest BCUT2D eigenvalue weighted by atomic mass is 16.6. The van der Waals surface area contributed by atoms with Gasteiger partial charge in [0.15, 0.2) is 6.61 Å². The first-order valence-electron chi connectivity index (χ1n) is 5.83. The minimum absolute atomic E-state index is 0.0880. The maximum absolute atomic E-state index is 11.4. The Kier molecular flexibility index (Phi) is 5.71. The molecule has 0 heterocycles. The lowest BCUT2D eigenvalue weighted by molar-refractivity contribution is -0.148. The predicted octanol–water partition coefficient (Wildman–Crippen LogP) is 3.22. The number of hydrogen-bond donors (Lipinski definition) is 0. The third-order valence-electron chi connectivity index (χ3n) is 2.25. The molecule has 0 saturated heterocycles. The highest BCUT2D eigenvalue weighted by Gasteiger charge is 2.07. The van der Waals surface area contributed by atoms with Crippen molar-refractivity contribution in [1.29, 1.82) is 0 Å². The molecule has 0 bridgehead atoms. The fourth-order valence-electron chi connectivity index (χ4n) is 1.39. The fraction of sp³-hybridized carbons (Fsp3) is 0.267. The van der Waals surface area contributed by atoms with Crippen LogP contribution in [0.5, 0.6) is 5.75 Å². The molecule has 0 aliphatic carbocycles. The third-order valence-corrected chi connectivity index (χ3v) is 2.25. The van der Waals surface area contributed by atoms with Crippen LogP contribution >= 0.6 is 0 Å². The van der Waals surface area contributed by atoms with Crippen LogP contribution in [0.25, 0.3) is 6.08 Å². The van der Waals surface area contributed by atoms with Crippen LogP contribution in [0.2, 0.25) is 0 Å². The van der Waals surface area contributed by atoms with Crippen LogP contribution in [0.1, 0.15) is 19.4 Å². The van der Waals surface area contributed by atoms with Crippen molar-refractivity contribution in [3.05, 3.63) is 48.6 Å². The van der Waals surface area contributed by atoms with E-state index < -0.39 is 0 Å². The van der Waals surface area contributed by atoms with Crippen LogP contribution in [0.15, 0.2) is 43.0 Å². The minimum atomic E-state index is -0.381. The largest absolute Gasteiger partial charge is 0.482 e. The molecule has 0 aromatic heterocycles. The summed E-state index contributed by atoms with van der Waals surface area (Å²) in [5, 5.41) is 0. The van der Waals surface area contributed by atoms with Gasteiger partial charge in [-0.25, -0.2) is 4.79 Å². The first kappa shape index (κ1) is 14.0. The van der Waals surface area contributed by atoms with E-state index >= 15 is 0 Å². The normalized spacial score (nSPS) is 12.1. The Bertz CT molecular complexity index is 418. The summed E-state index contributed by atoms with van der Waals surface area (Å²) < 4.78 is 10.4. The summed E-state index contributed by atoms with van der Waals surface area (Å²) >= 11 is 0. The van der Waals surface area contributed by atoms with E-state index in [9.17, 15) is 4.79 Å². The summed E-state index contributed by atoms with van der Waals surface area (Å²) in [6.07, 6.45) is 5.16. The third kappa shape index (κ3) is 4.87. The molecule has 0 aliphatic rings. The number of hydrogen-bond acceptors (Lipinski definition) is 3. The van der Waals surface area contributed by atoms with Crippen molar-refractivity contribution in [2.45, 2.75) is 20.0 Å². The Hall–Kier alpha value is -2.03. The van der Waals surface area contributed by atoms with Gasteiger partial charge < -0.3 is 9.47 Å². The highest BCUT2D eigenvalue weighted by molar-refractivity contribution is 5.71. The topological polar surface area (TPSA) is 35.5 Å². The van der Waals surface area contributed by atoms with Gasteiger partial charge in [-0.1, -0.05) is 30.9 Å². The molecule has 96 valence electrons. The summed E-state index contributed by atoms with van der Waals surface area (Å²) in [6, 6.07) is 7.32. The van der Waals surface area contributed by atoms with Crippen LogP contribution < -0.4 is 4.74 Å². The molecule has 0 aliphatic heterocycles. The number of rotatable bonds is 6. The maximum atomic E-state index is 11.4. The minimum Gasteiger partial charge on any atom is -0.482 e. The maximum Gasteiger partial charge on any atom is 0.344 e. The second kappa shape index (κ2) is 7.33. The molecule has 3 nitrogen and oxygen atoms in total. The number of carbonyl (C=O) groups is 1. The van der Waals surface area contributed by atoms with Crippen molar-refractivity contribution in [2.24, 2.45) is 0 Å². The summed E-state index contributed by atoms with van der Waals surface area (Å²) in [7, 11) is 0. The van der Waals surface area contributed by atoms with Crippen molar-refractivity contribution in [1.82, 2.24) is 0 Å². The van der Waals surface area contributed by atoms with Crippen LogP contribution in [-0.2, 0) is 9.53 Å². The molecule has 1 atom stereocenters. The fourth-order valence-corrected chi connectivity index (χ4v) is 1.39. The summed E-state index contributed by atoms with van der Waals surface area (Å²) in [6.45, 7) is 7.25. The standard InChI is InChI=1S/C15H18O3/c1-4-6-12(3)18-15(16)11-17-14-9-7-13(5-2)8-10-14/h4-10,12H,2,11H2,1,3H3/b6-4+. The molecule has 0 saturated carbocycles. The van der Waals surface area contributed by atoms with Gasteiger partial charge in [-0.3, -0.25) is 0 Å². The van der Waals surface area contributed by atoms with E-state index in [0.717, 1.165) is 5.56 Å².